The Labute approximate surface area is 279 Å². The van der Waals surface area contributed by atoms with Gasteiger partial charge < -0.3 is 4.57 Å². The number of aromatic nitrogens is 1. The molecule has 1 heteroatoms. The molecule has 8 aromatic carbocycles. The molecule has 0 saturated carbocycles. The van der Waals surface area contributed by atoms with Crippen LogP contribution in [0.4, 0.5) is 0 Å². The van der Waals surface area contributed by atoms with Crippen molar-refractivity contribution in [2.75, 3.05) is 0 Å². The molecule has 0 saturated heterocycles. The average Bonchev–Trinajstić information content (AvgIpc) is 3.64. The predicted molar refractivity (Wildman–Crippen MR) is 201 cm³/mol. The van der Waals surface area contributed by atoms with Gasteiger partial charge in [-0.15, -0.1) is 0 Å². The van der Waals surface area contributed by atoms with Gasteiger partial charge in [-0.1, -0.05) is 146 Å². The van der Waals surface area contributed by atoms with Crippen LogP contribution in [0, 0.1) is 0 Å². The van der Waals surface area contributed by atoms with Gasteiger partial charge in [0, 0.05) is 22.4 Å². The fraction of sp³-hybridized carbons (Fsp3) is 0.0213. The third-order valence-corrected chi connectivity index (χ3v) is 10.8. The number of benzene rings is 8. The molecule has 0 aliphatic heterocycles. The second-order valence-corrected chi connectivity index (χ2v) is 13.2. The number of fused-ring (bicyclic) bond motifs is 6. The molecule has 1 nitrogen and oxygen atoms in total. The van der Waals surface area contributed by atoms with Crippen molar-refractivity contribution in [2.24, 2.45) is 0 Å². The Balaban J connectivity index is 1.18. The molecule has 2 aliphatic rings. The van der Waals surface area contributed by atoms with Crippen LogP contribution in [0.25, 0.3) is 82.8 Å². The van der Waals surface area contributed by atoms with Crippen molar-refractivity contribution in [2.45, 2.75) is 5.92 Å². The average molecular weight is 608 g/mol. The minimum Gasteiger partial charge on any atom is -0.309 e. The van der Waals surface area contributed by atoms with Gasteiger partial charge >= 0.3 is 0 Å². The molecule has 48 heavy (non-hydrogen) atoms. The first-order valence-electron chi connectivity index (χ1n) is 16.8. The van der Waals surface area contributed by atoms with Crippen LogP contribution in [0.3, 0.4) is 0 Å². The summed E-state index contributed by atoms with van der Waals surface area (Å²) < 4.78 is 2.49. The van der Waals surface area contributed by atoms with Gasteiger partial charge in [0.05, 0.1) is 11.0 Å². The van der Waals surface area contributed by atoms with Gasteiger partial charge in [0.15, 0.2) is 0 Å². The molecule has 1 heterocycles. The quantitative estimate of drug-likeness (QED) is 0.188. The first-order valence-corrected chi connectivity index (χ1v) is 16.8. The van der Waals surface area contributed by atoms with E-state index in [1.807, 2.05) is 0 Å². The van der Waals surface area contributed by atoms with Crippen LogP contribution in [0.15, 0.2) is 170 Å². The zero-order valence-electron chi connectivity index (χ0n) is 26.2. The Bertz CT molecular complexity index is 2780. The maximum Gasteiger partial charge on any atom is 0.0548 e. The van der Waals surface area contributed by atoms with Gasteiger partial charge in [-0.3, -0.25) is 0 Å². The third-order valence-electron chi connectivity index (χ3n) is 10.8. The van der Waals surface area contributed by atoms with Crippen molar-refractivity contribution in [3.8, 4) is 50.2 Å². The summed E-state index contributed by atoms with van der Waals surface area (Å²) in [6, 6.07) is 63.1. The van der Waals surface area contributed by atoms with E-state index in [0.717, 1.165) is 0 Å². The lowest BCUT2D eigenvalue weighted by atomic mass is 9.88. The van der Waals surface area contributed by atoms with Crippen LogP contribution in [-0.2, 0) is 0 Å². The monoisotopic (exact) mass is 607 g/mol. The van der Waals surface area contributed by atoms with Crippen molar-refractivity contribution in [3.63, 3.8) is 0 Å². The van der Waals surface area contributed by atoms with E-state index in [1.165, 1.54) is 99.5 Å². The highest BCUT2D eigenvalue weighted by Crippen LogP contribution is 2.52. The molecular weight excluding hydrogens is 579 g/mol. The number of rotatable bonds is 3. The molecule has 1 atom stereocenters. The first kappa shape index (κ1) is 25.9. The fourth-order valence-electron chi connectivity index (χ4n) is 8.92. The van der Waals surface area contributed by atoms with Crippen LogP contribution in [0.5, 0.6) is 0 Å². The highest BCUT2D eigenvalue weighted by Gasteiger charge is 2.32. The Morgan fingerprint density at radius 3 is 1.85 bits per heavy atom. The van der Waals surface area contributed by atoms with Crippen molar-refractivity contribution in [3.05, 3.63) is 187 Å². The van der Waals surface area contributed by atoms with Gasteiger partial charge in [-0.05, 0) is 96.2 Å². The summed E-state index contributed by atoms with van der Waals surface area (Å²) in [5, 5.41) is 5.30. The smallest absolute Gasteiger partial charge is 0.0548 e. The standard InChI is InChI=1S/C47H29N/c1-2-12-29(13-3-1)43-38-19-6-7-20-39(38)45-33(21-10-24-40(43)45)31-15-8-16-32(28-31)48-41-25-11-23-37-35-18-5-4-17-34(35)36-22-9-14-30-26-27-42(48)47(44(30)36)46(37)41/h1-28,43H. The van der Waals surface area contributed by atoms with E-state index in [4.69, 9.17) is 0 Å². The van der Waals surface area contributed by atoms with Crippen LogP contribution in [0.1, 0.15) is 22.6 Å². The largest absolute Gasteiger partial charge is 0.309 e. The Hall–Kier alpha value is -6.18. The first-order chi connectivity index (χ1) is 23.8. The Kier molecular flexibility index (Phi) is 5.23. The van der Waals surface area contributed by atoms with Crippen LogP contribution in [0.2, 0.25) is 0 Å². The molecule has 0 spiro atoms. The molecule has 0 fully saturated rings. The van der Waals surface area contributed by atoms with E-state index < -0.39 is 0 Å². The Morgan fingerprint density at radius 2 is 1.00 bits per heavy atom. The fourth-order valence-corrected chi connectivity index (χ4v) is 8.92. The number of hydrogen-bond acceptors (Lipinski definition) is 0. The normalized spacial score (nSPS) is 14.0. The summed E-state index contributed by atoms with van der Waals surface area (Å²) in [6.07, 6.45) is 0. The van der Waals surface area contributed by atoms with Crippen molar-refractivity contribution in [1.82, 2.24) is 4.57 Å². The van der Waals surface area contributed by atoms with Crippen molar-refractivity contribution >= 4 is 32.6 Å². The van der Waals surface area contributed by atoms with Crippen molar-refractivity contribution < 1.29 is 0 Å². The maximum absolute atomic E-state index is 2.49. The van der Waals surface area contributed by atoms with E-state index in [0.29, 0.717) is 0 Å². The SMILES string of the molecule is c1ccc(C2c3ccccc3-c3c(-c4cccc(-n5c6cccc7c6c6c8c(cccc8ccc65)-c5ccccc5-7)c4)cccc32)cc1. The van der Waals surface area contributed by atoms with Gasteiger partial charge in [-0.25, -0.2) is 0 Å². The van der Waals surface area contributed by atoms with Gasteiger partial charge in [0.25, 0.3) is 0 Å². The highest BCUT2D eigenvalue weighted by atomic mass is 15.0. The van der Waals surface area contributed by atoms with Gasteiger partial charge in [0.2, 0.25) is 0 Å². The van der Waals surface area contributed by atoms with E-state index >= 15 is 0 Å². The summed E-state index contributed by atoms with van der Waals surface area (Å²) in [6.45, 7) is 0. The maximum atomic E-state index is 2.49. The molecule has 11 rings (SSSR count). The van der Waals surface area contributed by atoms with Gasteiger partial charge in [0.1, 0.15) is 0 Å². The molecule has 0 radical (unpaired) electrons. The van der Waals surface area contributed by atoms with E-state index in [1.54, 1.807) is 0 Å². The number of nitrogens with zero attached hydrogens (tertiary/aromatic N) is 1. The third kappa shape index (κ3) is 3.40. The zero-order valence-corrected chi connectivity index (χ0v) is 26.2. The lowest BCUT2D eigenvalue weighted by Gasteiger charge is -2.16. The molecule has 0 amide bonds. The van der Waals surface area contributed by atoms with Crippen LogP contribution in [-0.4, -0.2) is 4.57 Å². The van der Waals surface area contributed by atoms with E-state index in [-0.39, 0.29) is 5.92 Å². The lowest BCUT2D eigenvalue weighted by molar-refractivity contribution is 1.02. The summed E-state index contributed by atoms with van der Waals surface area (Å²) in [5.74, 6) is 0.229. The molecule has 9 aromatic rings. The van der Waals surface area contributed by atoms with E-state index in [9.17, 15) is 0 Å². The molecule has 1 unspecified atom stereocenters. The van der Waals surface area contributed by atoms with Crippen molar-refractivity contribution in [1.29, 1.82) is 0 Å². The minimum atomic E-state index is 0.229. The second kappa shape index (κ2) is 9.67. The summed E-state index contributed by atoms with van der Waals surface area (Å²) in [5.41, 5.74) is 18.2. The molecule has 222 valence electrons. The van der Waals surface area contributed by atoms with E-state index in [2.05, 4.69) is 174 Å². The van der Waals surface area contributed by atoms with Gasteiger partial charge in [-0.2, -0.15) is 0 Å². The zero-order chi connectivity index (χ0) is 31.3. The molecule has 0 bridgehead atoms. The highest BCUT2D eigenvalue weighted by molar-refractivity contribution is 6.30. The predicted octanol–water partition coefficient (Wildman–Crippen LogP) is 12.4. The summed E-state index contributed by atoms with van der Waals surface area (Å²) in [7, 11) is 0. The van der Waals surface area contributed by atoms with Crippen LogP contribution >= 0.6 is 0 Å². The Morgan fingerprint density at radius 1 is 0.375 bits per heavy atom. The van der Waals surface area contributed by atoms with Crippen LogP contribution < -0.4 is 0 Å². The second-order valence-electron chi connectivity index (χ2n) is 13.2. The topological polar surface area (TPSA) is 4.93 Å². The summed E-state index contributed by atoms with van der Waals surface area (Å²) in [4.78, 5) is 0. The molecule has 1 aromatic heterocycles. The minimum absolute atomic E-state index is 0.229. The molecule has 0 N–H and O–H groups in total. The lowest BCUT2D eigenvalue weighted by Crippen LogP contribution is -1.99. The summed E-state index contributed by atoms with van der Waals surface area (Å²) >= 11 is 0. The number of hydrogen-bond donors (Lipinski definition) is 0. The molecular formula is C47H29N. The molecule has 2 aliphatic carbocycles.